The third kappa shape index (κ3) is 4.63. The van der Waals surface area contributed by atoms with Gasteiger partial charge in [0.05, 0.1) is 11.1 Å². The third-order valence-electron chi connectivity index (χ3n) is 12.1. The van der Waals surface area contributed by atoms with Crippen molar-refractivity contribution in [3.05, 3.63) is 232 Å². The van der Waals surface area contributed by atoms with E-state index < -0.39 is 11.0 Å². The van der Waals surface area contributed by atoms with E-state index in [1.54, 1.807) is 0 Å². The summed E-state index contributed by atoms with van der Waals surface area (Å²) in [5.74, 6) is 0. The molecule has 2 N–H and O–H groups in total. The van der Waals surface area contributed by atoms with E-state index in [0.29, 0.717) is 0 Å². The van der Waals surface area contributed by atoms with Crippen molar-refractivity contribution in [2.45, 2.75) is 37.6 Å². The number of fused-ring (bicyclic) bond motifs is 6. The van der Waals surface area contributed by atoms with Gasteiger partial charge in [-0.15, -0.1) is 0 Å². The molecular weight excluding hydrogens is 653 g/mol. The molecule has 54 heavy (non-hydrogen) atoms. The van der Waals surface area contributed by atoms with Gasteiger partial charge in [-0.05, 0) is 109 Å². The Bertz CT molecular complexity index is 2710. The lowest BCUT2D eigenvalue weighted by molar-refractivity contribution is 0.555. The first kappa shape index (κ1) is 32.4. The molecule has 2 atom stereocenters. The number of hydrazine groups is 1. The molecule has 1 heterocycles. The highest BCUT2D eigenvalue weighted by Crippen LogP contribution is 2.59. The number of hydrogen-bond donors (Lipinski definition) is 2. The predicted molar refractivity (Wildman–Crippen MR) is 225 cm³/mol. The SMILES string of the molecule is CCCc1ccccc1C1(c2ccccc2C)c2cc(-c3cccc(C4(c5ccccc5)NNc5ccccc54)c3)ccc2-c2c1ccc1ccccc21. The number of rotatable bonds is 7. The van der Waals surface area contributed by atoms with Crippen LogP contribution in [0, 0.1) is 6.92 Å². The maximum Gasteiger partial charge on any atom is 0.114 e. The van der Waals surface area contributed by atoms with Crippen molar-refractivity contribution >= 4 is 16.5 Å². The van der Waals surface area contributed by atoms with Crippen molar-refractivity contribution in [3.8, 4) is 22.3 Å². The summed E-state index contributed by atoms with van der Waals surface area (Å²) in [5, 5.41) is 2.57. The largest absolute Gasteiger partial charge is 0.320 e. The molecule has 0 bridgehead atoms. The fraction of sp³-hybridized carbons (Fsp3) is 0.115. The van der Waals surface area contributed by atoms with Gasteiger partial charge < -0.3 is 5.43 Å². The first-order chi connectivity index (χ1) is 26.6. The molecule has 2 unspecified atom stereocenters. The molecule has 0 saturated heterocycles. The second-order valence-corrected chi connectivity index (χ2v) is 14.9. The van der Waals surface area contributed by atoms with Gasteiger partial charge in [-0.25, -0.2) is 5.43 Å². The monoisotopic (exact) mass is 694 g/mol. The highest BCUT2D eigenvalue weighted by molar-refractivity contribution is 6.04. The Labute approximate surface area is 318 Å². The van der Waals surface area contributed by atoms with E-state index >= 15 is 0 Å². The molecule has 260 valence electrons. The first-order valence-electron chi connectivity index (χ1n) is 19.3. The predicted octanol–water partition coefficient (Wildman–Crippen LogP) is 12.4. The van der Waals surface area contributed by atoms with Crippen LogP contribution in [0.1, 0.15) is 63.4 Å². The minimum Gasteiger partial charge on any atom is -0.320 e. The molecule has 0 spiro atoms. The molecule has 2 heteroatoms. The van der Waals surface area contributed by atoms with E-state index in [-0.39, 0.29) is 0 Å². The van der Waals surface area contributed by atoms with Crippen LogP contribution in [0.5, 0.6) is 0 Å². The molecule has 0 saturated carbocycles. The van der Waals surface area contributed by atoms with Crippen molar-refractivity contribution in [1.29, 1.82) is 0 Å². The lowest BCUT2D eigenvalue weighted by Gasteiger charge is -2.37. The summed E-state index contributed by atoms with van der Waals surface area (Å²) < 4.78 is 0. The zero-order valence-corrected chi connectivity index (χ0v) is 30.7. The minimum absolute atomic E-state index is 0.499. The molecule has 0 amide bonds. The first-order valence-corrected chi connectivity index (χ1v) is 19.3. The van der Waals surface area contributed by atoms with Gasteiger partial charge in [0.1, 0.15) is 5.54 Å². The van der Waals surface area contributed by atoms with E-state index in [1.807, 2.05) is 0 Å². The van der Waals surface area contributed by atoms with E-state index in [0.717, 1.165) is 18.5 Å². The Morgan fingerprint density at radius 3 is 2.06 bits per heavy atom. The van der Waals surface area contributed by atoms with Gasteiger partial charge in [-0.2, -0.15) is 0 Å². The highest BCUT2D eigenvalue weighted by Gasteiger charge is 2.48. The van der Waals surface area contributed by atoms with Gasteiger partial charge in [-0.1, -0.05) is 177 Å². The quantitative estimate of drug-likeness (QED) is 0.174. The van der Waals surface area contributed by atoms with Crippen LogP contribution in [0.15, 0.2) is 182 Å². The molecule has 1 aliphatic heterocycles. The van der Waals surface area contributed by atoms with Crippen molar-refractivity contribution < 1.29 is 0 Å². The summed E-state index contributed by atoms with van der Waals surface area (Å²) in [6.45, 7) is 4.58. The number of benzene rings is 8. The lowest BCUT2D eigenvalue weighted by Crippen LogP contribution is -2.41. The van der Waals surface area contributed by atoms with E-state index in [2.05, 4.69) is 207 Å². The van der Waals surface area contributed by atoms with Gasteiger partial charge in [0, 0.05) is 5.56 Å². The number of nitrogens with one attached hydrogen (secondary N) is 2. The summed E-state index contributed by atoms with van der Waals surface area (Å²) in [6, 6.07) is 67.8. The molecule has 2 aliphatic rings. The third-order valence-corrected chi connectivity index (χ3v) is 12.1. The van der Waals surface area contributed by atoms with Gasteiger partial charge >= 0.3 is 0 Å². The fourth-order valence-corrected chi connectivity index (χ4v) is 9.75. The van der Waals surface area contributed by atoms with Crippen molar-refractivity contribution in [3.63, 3.8) is 0 Å². The van der Waals surface area contributed by atoms with Crippen molar-refractivity contribution in [2.24, 2.45) is 0 Å². The Morgan fingerprint density at radius 1 is 0.500 bits per heavy atom. The van der Waals surface area contributed by atoms with Gasteiger partial charge in [0.15, 0.2) is 0 Å². The smallest absolute Gasteiger partial charge is 0.114 e. The second kappa shape index (κ2) is 12.7. The normalized spacial score (nSPS) is 18.2. The van der Waals surface area contributed by atoms with Crippen molar-refractivity contribution in [2.75, 3.05) is 5.43 Å². The number of anilines is 1. The topological polar surface area (TPSA) is 24.1 Å². The van der Waals surface area contributed by atoms with Crippen LogP contribution >= 0.6 is 0 Å². The van der Waals surface area contributed by atoms with Crippen LogP contribution in [0.2, 0.25) is 0 Å². The molecule has 1 aliphatic carbocycles. The van der Waals surface area contributed by atoms with Gasteiger partial charge in [0.2, 0.25) is 0 Å². The van der Waals surface area contributed by atoms with Crippen LogP contribution in [-0.4, -0.2) is 0 Å². The number of aryl methyl sites for hydroxylation is 2. The van der Waals surface area contributed by atoms with E-state index in [9.17, 15) is 0 Å². The van der Waals surface area contributed by atoms with Crippen molar-refractivity contribution in [1.82, 2.24) is 5.43 Å². The summed E-state index contributed by atoms with van der Waals surface area (Å²) in [4.78, 5) is 0. The molecule has 0 aromatic heterocycles. The Balaban J connectivity index is 1.26. The zero-order chi connectivity index (χ0) is 36.3. The number of hydrogen-bond acceptors (Lipinski definition) is 2. The maximum atomic E-state index is 3.75. The maximum absolute atomic E-state index is 3.75. The van der Waals surface area contributed by atoms with Crippen LogP contribution in [0.3, 0.4) is 0 Å². The molecular formula is C52H42N2. The zero-order valence-electron chi connectivity index (χ0n) is 30.7. The number of para-hydroxylation sites is 1. The molecule has 0 fully saturated rings. The fourth-order valence-electron chi connectivity index (χ4n) is 9.75. The van der Waals surface area contributed by atoms with E-state index in [4.69, 9.17) is 0 Å². The van der Waals surface area contributed by atoms with E-state index in [1.165, 1.54) is 83.1 Å². The van der Waals surface area contributed by atoms with Gasteiger partial charge in [0.25, 0.3) is 0 Å². The molecule has 2 nitrogen and oxygen atoms in total. The second-order valence-electron chi connectivity index (χ2n) is 14.9. The standard InChI is InChI=1S/C52H42N2/c1-3-16-37-19-9-12-26-45(37)51(44-25-11-7-17-35(44)2)47-32-30-36-18-8-10-24-42(36)50(47)43-31-29-39(34-48(43)51)38-20-15-23-41(33-38)52(40-21-5-4-6-22-40)46-27-13-14-28-49(46)53-54-52/h4-15,17-34,53-54H,3,16H2,1-2H3. The van der Waals surface area contributed by atoms with Gasteiger partial charge in [-0.3, -0.25) is 0 Å². The highest BCUT2D eigenvalue weighted by atomic mass is 15.4. The summed E-state index contributed by atoms with van der Waals surface area (Å²) in [7, 11) is 0. The summed E-state index contributed by atoms with van der Waals surface area (Å²) >= 11 is 0. The van der Waals surface area contributed by atoms with Crippen LogP contribution < -0.4 is 10.9 Å². The molecule has 8 aromatic carbocycles. The van der Waals surface area contributed by atoms with Crippen LogP contribution in [-0.2, 0) is 17.4 Å². The Kier molecular flexibility index (Phi) is 7.64. The Hall–Kier alpha value is -6.22. The Morgan fingerprint density at radius 2 is 1.20 bits per heavy atom. The average Bonchev–Trinajstić information content (AvgIpc) is 3.77. The average molecular weight is 695 g/mol. The molecule has 8 aromatic rings. The summed E-state index contributed by atoms with van der Waals surface area (Å²) in [6.07, 6.45) is 2.11. The molecule has 10 rings (SSSR count). The molecule has 0 radical (unpaired) electrons. The summed E-state index contributed by atoms with van der Waals surface area (Å²) in [5.41, 5.74) is 24.1. The lowest BCUT2D eigenvalue weighted by atomic mass is 9.64. The van der Waals surface area contributed by atoms with Crippen LogP contribution in [0.4, 0.5) is 5.69 Å². The minimum atomic E-state index is -0.552. The van der Waals surface area contributed by atoms with Crippen LogP contribution in [0.25, 0.3) is 33.0 Å².